The number of hydrogen-bond acceptors (Lipinski definition) is 5. The number of aryl methyl sites for hydroxylation is 1. The molecule has 2 aromatic rings. The van der Waals surface area contributed by atoms with Gasteiger partial charge in [0.05, 0.1) is 19.3 Å². The number of nitrogens with one attached hydrogen (secondary N) is 1. The van der Waals surface area contributed by atoms with E-state index in [0.29, 0.717) is 11.4 Å². The molecular weight excluding hydrogens is 290 g/mol. The molecule has 21 heavy (non-hydrogen) atoms. The number of methoxy groups -OCH3 is 1. The molecular formula is C14H17N3O3S. The first kappa shape index (κ1) is 15.3. The molecule has 112 valence electrons. The number of ether oxygens (including phenoxy) is 1. The molecule has 2 rings (SSSR count). The molecule has 0 bridgehead atoms. The van der Waals surface area contributed by atoms with E-state index in [1.54, 1.807) is 12.1 Å². The van der Waals surface area contributed by atoms with Gasteiger partial charge < -0.3 is 10.5 Å². The van der Waals surface area contributed by atoms with Crippen molar-refractivity contribution in [2.24, 2.45) is 0 Å². The highest BCUT2D eigenvalue weighted by molar-refractivity contribution is 7.89. The fraction of sp³-hybridized carbons (Fsp3) is 0.214. The second-order valence-corrected chi connectivity index (χ2v) is 6.24. The standard InChI is InChI=1S/C14H17N3O3S/c1-10-4-3-5-12(17-10)9-16-21(18,19)14-8-11(15)6-7-13(14)20-2/h3-8,16H,9,15H2,1-2H3. The maximum atomic E-state index is 12.3. The summed E-state index contributed by atoms with van der Waals surface area (Å²) >= 11 is 0. The molecule has 0 atom stereocenters. The van der Waals surface area contributed by atoms with Gasteiger partial charge in [0.15, 0.2) is 0 Å². The maximum absolute atomic E-state index is 12.3. The minimum Gasteiger partial charge on any atom is -0.495 e. The summed E-state index contributed by atoms with van der Waals surface area (Å²) in [5.74, 6) is 0.244. The van der Waals surface area contributed by atoms with Crippen LogP contribution >= 0.6 is 0 Å². The molecule has 0 unspecified atom stereocenters. The van der Waals surface area contributed by atoms with Crippen LogP contribution in [0.4, 0.5) is 5.69 Å². The van der Waals surface area contributed by atoms with E-state index in [-0.39, 0.29) is 17.2 Å². The summed E-state index contributed by atoms with van der Waals surface area (Å²) in [6, 6.07) is 9.90. The van der Waals surface area contributed by atoms with Crippen molar-refractivity contribution in [3.8, 4) is 5.75 Å². The quantitative estimate of drug-likeness (QED) is 0.816. The van der Waals surface area contributed by atoms with Crippen molar-refractivity contribution in [2.75, 3.05) is 12.8 Å². The molecule has 7 heteroatoms. The Balaban J connectivity index is 2.24. The summed E-state index contributed by atoms with van der Waals surface area (Å²) in [4.78, 5) is 4.26. The van der Waals surface area contributed by atoms with Gasteiger partial charge in [0, 0.05) is 11.4 Å². The molecule has 0 aliphatic heterocycles. The van der Waals surface area contributed by atoms with Crippen molar-refractivity contribution in [1.82, 2.24) is 9.71 Å². The number of nitrogens with two attached hydrogens (primary N) is 1. The predicted molar refractivity (Wildman–Crippen MR) is 80.4 cm³/mol. The fourth-order valence-electron chi connectivity index (χ4n) is 1.85. The molecule has 0 aliphatic carbocycles. The van der Waals surface area contributed by atoms with E-state index in [2.05, 4.69) is 9.71 Å². The second-order valence-electron chi connectivity index (χ2n) is 4.51. The van der Waals surface area contributed by atoms with E-state index in [1.807, 2.05) is 19.1 Å². The monoisotopic (exact) mass is 307 g/mol. The lowest BCUT2D eigenvalue weighted by Gasteiger charge is -2.11. The Morgan fingerprint density at radius 1 is 1.29 bits per heavy atom. The van der Waals surface area contributed by atoms with Crippen molar-refractivity contribution >= 4 is 15.7 Å². The van der Waals surface area contributed by atoms with Crippen molar-refractivity contribution in [2.45, 2.75) is 18.4 Å². The molecule has 0 saturated carbocycles. The van der Waals surface area contributed by atoms with Crippen LogP contribution in [-0.4, -0.2) is 20.5 Å². The number of anilines is 1. The molecule has 6 nitrogen and oxygen atoms in total. The SMILES string of the molecule is COc1ccc(N)cc1S(=O)(=O)NCc1cccc(C)n1. The normalized spacial score (nSPS) is 11.3. The minimum absolute atomic E-state index is 0.0117. The second kappa shape index (κ2) is 6.11. The van der Waals surface area contributed by atoms with Gasteiger partial charge in [0.2, 0.25) is 10.0 Å². The number of sulfonamides is 1. The van der Waals surface area contributed by atoms with E-state index in [0.717, 1.165) is 5.69 Å². The third-order valence-corrected chi connectivity index (χ3v) is 4.29. The van der Waals surface area contributed by atoms with Crippen LogP contribution in [0.1, 0.15) is 11.4 Å². The first-order valence-electron chi connectivity index (χ1n) is 6.28. The van der Waals surface area contributed by atoms with E-state index >= 15 is 0 Å². The van der Waals surface area contributed by atoms with E-state index in [9.17, 15) is 8.42 Å². The molecule has 0 radical (unpaired) electrons. The van der Waals surface area contributed by atoms with Crippen LogP contribution in [-0.2, 0) is 16.6 Å². The van der Waals surface area contributed by atoms with Gasteiger partial charge in [-0.3, -0.25) is 4.98 Å². The molecule has 1 aromatic heterocycles. The first-order valence-corrected chi connectivity index (χ1v) is 7.76. The van der Waals surface area contributed by atoms with Gasteiger partial charge in [-0.25, -0.2) is 13.1 Å². The zero-order valence-corrected chi connectivity index (χ0v) is 12.6. The first-order chi connectivity index (χ1) is 9.92. The fourth-order valence-corrected chi connectivity index (χ4v) is 3.05. The lowest BCUT2D eigenvalue weighted by Crippen LogP contribution is -2.24. The summed E-state index contributed by atoms with van der Waals surface area (Å²) in [7, 11) is -2.32. The number of hydrogen-bond donors (Lipinski definition) is 2. The van der Waals surface area contributed by atoms with E-state index in [4.69, 9.17) is 10.5 Å². The van der Waals surface area contributed by atoms with Gasteiger partial charge in [-0.15, -0.1) is 0 Å². The predicted octanol–water partition coefficient (Wildman–Crippen LogP) is 1.46. The molecule has 3 N–H and O–H groups in total. The van der Waals surface area contributed by atoms with Crippen LogP contribution in [0, 0.1) is 6.92 Å². The van der Waals surface area contributed by atoms with Crippen molar-refractivity contribution in [3.63, 3.8) is 0 Å². The Kier molecular flexibility index (Phi) is 4.44. The van der Waals surface area contributed by atoms with Crippen LogP contribution in [0.2, 0.25) is 0 Å². The highest BCUT2D eigenvalue weighted by atomic mass is 32.2. The molecule has 1 aromatic carbocycles. The van der Waals surface area contributed by atoms with Crippen LogP contribution in [0.3, 0.4) is 0 Å². The number of aromatic nitrogens is 1. The molecule has 0 saturated heterocycles. The maximum Gasteiger partial charge on any atom is 0.244 e. The summed E-state index contributed by atoms with van der Waals surface area (Å²) in [6.45, 7) is 1.95. The van der Waals surface area contributed by atoms with Crippen LogP contribution in [0.25, 0.3) is 0 Å². The Morgan fingerprint density at radius 3 is 2.71 bits per heavy atom. The number of nitrogen functional groups attached to an aromatic ring is 1. The van der Waals surface area contributed by atoms with Crippen LogP contribution in [0.5, 0.6) is 5.75 Å². The molecule has 0 spiro atoms. The minimum atomic E-state index is -3.73. The Hall–Kier alpha value is -2.12. The zero-order chi connectivity index (χ0) is 15.5. The Morgan fingerprint density at radius 2 is 2.05 bits per heavy atom. The number of pyridine rings is 1. The number of benzene rings is 1. The van der Waals surface area contributed by atoms with Gasteiger partial charge in [-0.05, 0) is 37.3 Å². The molecule has 0 fully saturated rings. The van der Waals surface area contributed by atoms with Gasteiger partial charge in [0.25, 0.3) is 0 Å². The van der Waals surface area contributed by atoms with Crippen molar-refractivity contribution in [1.29, 1.82) is 0 Å². The van der Waals surface area contributed by atoms with Crippen LogP contribution in [0.15, 0.2) is 41.3 Å². The topological polar surface area (TPSA) is 94.3 Å². The van der Waals surface area contributed by atoms with E-state index in [1.165, 1.54) is 19.2 Å². The molecule has 0 amide bonds. The van der Waals surface area contributed by atoms with Gasteiger partial charge in [-0.2, -0.15) is 0 Å². The zero-order valence-electron chi connectivity index (χ0n) is 11.8. The van der Waals surface area contributed by atoms with Crippen molar-refractivity contribution < 1.29 is 13.2 Å². The summed E-state index contributed by atoms with van der Waals surface area (Å²) in [5, 5.41) is 0. The molecule has 0 aliphatic rings. The highest BCUT2D eigenvalue weighted by Gasteiger charge is 2.19. The average Bonchev–Trinajstić information content (AvgIpc) is 2.45. The van der Waals surface area contributed by atoms with E-state index < -0.39 is 10.0 Å². The third kappa shape index (κ3) is 3.71. The van der Waals surface area contributed by atoms with Crippen molar-refractivity contribution in [3.05, 3.63) is 47.8 Å². The summed E-state index contributed by atoms with van der Waals surface area (Å²) in [5.41, 5.74) is 7.46. The average molecular weight is 307 g/mol. The largest absolute Gasteiger partial charge is 0.495 e. The smallest absolute Gasteiger partial charge is 0.244 e. The lowest BCUT2D eigenvalue weighted by molar-refractivity contribution is 0.402. The summed E-state index contributed by atoms with van der Waals surface area (Å²) < 4.78 is 32.3. The Bertz CT molecular complexity index is 745. The lowest BCUT2D eigenvalue weighted by atomic mass is 10.3. The van der Waals surface area contributed by atoms with Gasteiger partial charge in [0.1, 0.15) is 10.6 Å². The summed E-state index contributed by atoms with van der Waals surface area (Å²) in [6.07, 6.45) is 0. The van der Waals surface area contributed by atoms with Gasteiger partial charge in [-0.1, -0.05) is 6.07 Å². The number of nitrogens with zero attached hydrogens (tertiary/aromatic N) is 1. The van der Waals surface area contributed by atoms with Crippen LogP contribution < -0.4 is 15.2 Å². The highest BCUT2D eigenvalue weighted by Crippen LogP contribution is 2.25. The van der Waals surface area contributed by atoms with Gasteiger partial charge >= 0.3 is 0 Å². The Labute approximate surface area is 124 Å². The number of rotatable bonds is 5. The molecule has 1 heterocycles. The third-order valence-electron chi connectivity index (χ3n) is 2.87.